The summed E-state index contributed by atoms with van der Waals surface area (Å²) < 4.78 is 31.6. The van der Waals surface area contributed by atoms with Gasteiger partial charge in [0.15, 0.2) is 0 Å². The first-order chi connectivity index (χ1) is 8.98. The summed E-state index contributed by atoms with van der Waals surface area (Å²) in [6, 6.07) is 4.82. The first kappa shape index (κ1) is 13.2. The van der Waals surface area contributed by atoms with Gasteiger partial charge in [-0.1, -0.05) is 0 Å². The second-order valence-corrected chi connectivity index (χ2v) is 5.18. The van der Waals surface area contributed by atoms with E-state index in [-0.39, 0.29) is 6.01 Å². The number of nitrogens with zero attached hydrogens (tertiary/aromatic N) is 3. The van der Waals surface area contributed by atoms with Crippen LogP contribution >= 0.6 is 0 Å². The van der Waals surface area contributed by atoms with Gasteiger partial charge in [0.25, 0.3) is 0 Å². The third kappa shape index (κ3) is 3.62. The molecule has 0 saturated carbocycles. The molecule has 2 heterocycles. The van der Waals surface area contributed by atoms with E-state index in [0.717, 1.165) is 6.26 Å². The topological polar surface area (TPSA) is 91.3 Å². The average Bonchev–Trinajstić information content (AvgIpc) is 2.37. The van der Waals surface area contributed by atoms with Crippen molar-refractivity contribution in [2.45, 2.75) is 0 Å². The van der Waals surface area contributed by atoms with Crippen LogP contribution in [0, 0.1) is 0 Å². The maximum atomic E-state index is 11.0. The van der Waals surface area contributed by atoms with Crippen LogP contribution in [0.4, 0.5) is 0 Å². The number of rotatable bonds is 4. The van der Waals surface area contributed by atoms with Gasteiger partial charge in [0.05, 0.1) is 19.1 Å². The van der Waals surface area contributed by atoms with Crippen LogP contribution in [0.15, 0.2) is 30.6 Å². The predicted octanol–water partition coefficient (Wildman–Crippen LogP) is 0.886. The van der Waals surface area contributed by atoms with Crippen LogP contribution in [-0.4, -0.2) is 36.7 Å². The Morgan fingerprint density at radius 2 is 1.95 bits per heavy atom. The van der Waals surface area contributed by atoms with Gasteiger partial charge in [0.2, 0.25) is 5.88 Å². The first-order valence-corrected chi connectivity index (χ1v) is 7.02. The van der Waals surface area contributed by atoms with Gasteiger partial charge in [0, 0.05) is 24.0 Å². The van der Waals surface area contributed by atoms with Crippen molar-refractivity contribution in [2.24, 2.45) is 0 Å². The minimum absolute atomic E-state index is 0.226. The highest BCUT2D eigenvalue weighted by Crippen LogP contribution is 2.19. The molecule has 0 unspecified atom stereocenters. The van der Waals surface area contributed by atoms with Crippen molar-refractivity contribution >= 4 is 10.1 Å². The van der Waals surface area contributed by atoms with Crippen molar-refractivity contribution in [1.29, 1.82) is 0 Å². The number of ether oxygens (including phenoxy) is 1. The van der Waals surface area contributed by atoms with Crippen LogP contribution < -0.4 is 8.92 Å². The molecule has 2 aromatic heterocycles. The maximum absolute atomic E-state index is 11.0. The summed E-state index contributed by atoms with van der Waals surface area (Å²) in [5.74, 6) is 0.477. The second-order valence-electron chi connectivity index (χ2n) is 3.60. The maximum Gasteiger partial charge on any atom is 0.333 e. The van der Waals surface area contributed by atoms with E-state index in [1.165, 1.54) is 13.3 Å². The fraction of sp³-hybridized carbons (Fsp3) is 0.182. The number of hydrogen-bond donors (Lipinski definition) is 0. The van der Waals surface area contributed by atoms with Gasteiger partial charge < -0.3 is 8.92 Å². The lowest BCUT2D eigenvalue weighted by Gasteiger charge is -2.04. The summed E-state index contributed by atoms with van der Waals surface area (Å²) in [4.78, 5) is 11.8. The lowest BCUT2D eigenvalue weighted by Crippen LogP contribution is -2.08. The second kappa shape index (κ2) is 5.19. The quantitative estimate of drug-likeness (QED) is 0.768. The number of pyridine rings is 1. The van der Waals surface area contributed by atoms with Gasteiger partial charge >= 0.3 is 16.1 Å². The molecule has 0 N–H and O–H groups in total. The Morgan fingerprint density at radius 1 is 1.16 bits per heavy atom. The van der Waals surface area contributed by atoms with Crippen LogP contribution in [0.25, 0.3) is 11.3 Å². The summed E-state index contributed by atoms with van der Waals surface area (Å²) in [5, 5.41) is 0. The molecule has 2 aromatic rings. The number of methoxy groups -OCH3 is 1. The van der Waals surface area contributed by atoms with Crippen molar-refractivity contribution in [3.05, 3.63) is 30.6 Å². The minimum atomic E-state index is -3.65. The van der Waals surface area contributed by atoms with Gasteiger partial charge in [-0.25, -0.2) is 9.97 Å². The zero-order valence-corrected chi connectivity index (χ0v) is 11.1. The zero-order chi connectivity index (χ0) is 13.9. The van der Waals surface area contributed by atoms with Crippen LogP contribution in [-0.2, 0) is 10.1 Å². The molecule has 0 fully saturated rings. The van der Waals surface area contributed by atoms with Crippen molar-refractivity contribution in [1.82, 2.24) is 15.0 Å². The lowest BCUT2D eigenvalue weighted by molar-refractivity contribution is 0.398. The molecule has 0 saturated heterocycles. The van der Waals surface area contributed by atoms with Crippen LogP contribution in [0.3, 0.4) is 0 Å². The monoisotopic (exact) mass is 281 g/mol. The Morgan fingerprint density at radius 3 is 2.53 bits per heavy atom. The average molecular weight is 281 g/mol. The van der Waals surface area contributed by atoms with Crippen LogP contribution in [0.2, 0.25) is 0 Å². The van der Waals surface area contributed by atoms with Gasteiger partial charge in [-0.2, -0.15) is 13.4 Å². The Balaban J connectivity index is 2.32. The Kier molecular flexibility index (Phi) is 3.61. The highest BCUT2D eigenvalue weighted by molar-refractivity contribution is 7.86. The summed E-state index contributed by atoms with van der Waals surface area (Å²) in [7, 11) is -2.13. The van der Waals surface area contributed by atoms with Crippen molar-refractivity contribution in [2.75, 3.05) is 13.4 Å². The number of aromatic nitrogens is 3. The third-order valence-corrected chi connectivity index (χ3v) is 2.55. The first-order valence-electron chi connectivity index (χ1n) is 5.21. The molecule has 100 valence electrons. The molecule has 0 bridgehead atoms. The van der Waals surface area contributed by atoms with Crippen molar-refractivity contribution < 1.29 is 17.3 Å². The van der Waals surface area contributed by atoms with Gasteiger partial charge in [-0.3, -0.25) is 0 Å². The molecule has 0 atom stereocenters. The zero-order valence-electron chi connectivity index (χ0n) is 10.3. The van der Waals surface area contributed by atoms with Gasteiger partial charge in [0.1, 0.15) is 0 Å². The van der Waals surface area contributed by atoms with E-state index >= 15 is 0 Å². The Bertz CT molecular complexity index is 671. The molecule has 0 radical (unpaired) electrons. The van der Waals surface area contributed by atoms with Crippen LogP contribution in [0.1, 0.15) is 0 Å². The molecule has 0 aromatic carbocycles. The van der Waals surface area contributed by atoms with Gasteiger partial charge in [-0.05, 0) is 12.1 Å². The summed E-state index contributed by atoms with van der Waals surface area (Å²) >= 11 is 0. The van der Waals surface area contributed by atoms with E-state index in [1.807, 2.05) is 0 Å². The largest absolute Gasteiger partial charge is 0.481 e. The Labute approximate surface area is 110 Å². The molecule has 0 aliphatic heterocycles. The highest BCUT2D eigenvalue weighted by Gasteiger charge is 2.09. The fourth-order valence-corrected chi connectivity index (χ4v) is 1.68. The van der Waals surface area contributed by atoms with Crippen molar-refractivity contribution in [3.63, 3.8) is 0 Å². The van der Waals surface area contributed by atoms with E-state index < -0.39 is 10.1 Å². The summed E-state index contributed by atoms with van der Waals surface area (Å²) in [5.41, 5.74) is 1.20. The Hall–Kier alpha value is -2.22. The third-order valence-electron chi connectivity index (χ3n) is 2.10. The molecule has 8 heteroatoms. The molecule has 0 aliphatic carbocycles. The summed E-state index contributed by atoms with van der Waals surface area (Å²) in [6.07, 6.45) is 3.90. The van der Waals surface area contributed by atoms with Gasteiger partial charge in [-0.15, -0.1) is 0 Å². The molecule has 0 amide bonds. The lowest BCUT2D eigenvalue weighted by atomic mass is 10.2. The number of hydrogen-bond acceptors (Lipinski definition) is 7. The van der Waals surface area contributed by atoms with E-state index in [2.05, 4.69) is 19.1 Å². The van der Waals surface area contributed by atoms with E-state index in [4.69, 9.17) is 4.74 Å². The SMILES string of the molecule is COc1ccc(-c2ccnc(OS(C)(=O)=O)n2)cn1. The molecule has 0 aliphatic rings. The predicted molar refractivity (Wildman–Crippen MR) is 67.3 cm³/mol. The summed E-state index contributed by atoms with van der Waals surface area (Å²) in [6.45, 7) is 0. The molecular formula is C11H11N3O4S. The van der Waals surface area contributed by atoms with E-state index in [9.17, 15) is 8.42 Å². The van der Waals surface area contributed by atoms with E-state index in [1.54, 1.807) is 24.4 Å². The minimum Gasteiger partial charge on any atom is -0.481 e. The molecule has 19 heavy (non-hydrogen) atoms. The fourth-order valence-electron chi connectivity index (χ4n) is 1.33. The van der Waals surface area contributed by atoms with Crippen LogP contribution in [0.5, 0.6) is 11.9 Å². The normalized spacial score (nSPS) is 11.1. The molecular weight excluding hydrogens is 270 g/mol. The molecule has 0 spiro atoms. The standard InChI is InChI=1S/C11H11N3O4S/c1-17-10-4-3-8(7-13-10)9-5-6-12-11(14-9)18-19(2,15)16/h3-7H,1-2H3. The molecule has 2 rings (SSSR count). The smallest absolute Gasteiger partial charge is 0.333 e. The van der Waals surface area contributed by atoms with E-state index in [0.29, 0.717) is 17.1 Å². The van der Waals surface area contributed by atoms with Crippen molar-refractivity contribution in [3.8, 4) is 23.1 Å². The molecule has 7 nitrogen and oxygen atoms in total. The highest BCUT2D eigenvalue weighted by atomic mass is 32.2.